The van der Waals surface area contributed by atoms with Crippen molar-refractivity contribution < 1.29 is 9.13 Å². The van der Waals surface area contributed by atoms with E-state index in [1.54, 1.807) is 7.11 Å². The molecule has 0 bridgehead atoms. The molecule has 1 aliphatic carbocycles. The van der Waals surface area contributed by atoms with Crippen molar-refractivity contribution in [3.05, 3.63) is 65.1 Å². The summed E-state index contributed by atoms with van der Waals surface area (Å²) in [5.41, 5.74) is 4.57. The molecule has 2 heterocycles. The monoisotopic (exact) mass is 350 g/mol. The number of rotatable bonds is 2. The average molecular weight is 350 g/mol. The number of fused-ring (bicyclic) bond motifs is 4. The Hall–Kier alpha value is -2.33. The highest BCUT2D eigenvalue weighted by molar-refractivity contribution is 5.85. The summed E-state index contributed by atoms with van der Waals surface area (Å²) in [6.45, 7) is 2.01. The second-order valence-electron chi connectivity index (χ2n) is 7.66. The predicted octanol–water partition coefficient (Wildman–Crippen LogP) is 3.96. The van der Waals surface area contributed by atoms with Gasteiger partial charge < -0.3 is 15.0 Å². The van der Waals surface area contributed by atoms with Crippen LogP contribution < -0.4 is 10.1 Å². The standard InChI is InChI=1S/C22H23FN2O/c1-26-16-5-2-4-14(10-16)22-8-9-24-13-15(22)11-18-17-6-3-7-19(23)21(17)25-20(18)12-22/h2-7,10,15,24-25H,8-9,11-13H2,1H3/t15?,22-/m0/s1. The maximum Gasteiger partial charge on any atom is 0.147 e. The van der Waals surface area contributed by atoms with Crippen LogP contribution >= 0.6 is 0 Å². The lowest BCUT2D eigenvalue weighted by atomic mass is 9.59. The molecule has 0 spiro atoms. The van der Waals surface area contributed by atoms with Crippen molar-refractivity contribution in [2.24, 2.45) is 5.92 Å². The van der Waals surface area contributed by atoms with Gasteiger partial charge >= 0.3 is 0 Å². The molecule has 2 aromatic carbocycles. The molecule has 3 nitrogen and oxygen atoms in total. The van der Waals surface area contributed by atoms with Crippen LogP contribution in [0.25, 0.3) is 10.9 Å². The zero-order valence-electron chi connectivity index (χ0n) is 14.9. The lowest BCUT2D eigenvalue weighted by Crippen LogP contribution is -2.52. The van der Waals surface area contributed by atoms with E-state index in [2.05, 4.69) is 28.5 Å². The maximum absolute atomic E-state index is 14.3. The molecule has 4 heteroatoms. The SMILES string of the molecule is COc1cccc([C@@]23CCNCC2Cc2c([nH]c4c(F)cccc24)C3)c1. The number of aromatic nitrogens is 1. The number of methoxy groups -OCH3 is 1. The number of halogens is 1. The molecule has 134 valence electrons. The minimum atomic E-state index is -0.159. The van der Waals surface area contributed by atoms with E-state index in [0.717, 1.165) is 43.5 Å². The third-order valence-electron chi connectivity index (χ3n) is 6.49. The van der Waals surface area contributed by atoms with Gasteiger partial charge in [0.2, 0.25) is 0 Å². The summed E-state index contributed by atoms with van der Waals surface area (Å²) in [5.74, 6) is 1.24. The zero-order chi connectivity index (χ0) is 17.7. The van der Waals surface area contributed by atoms with Crippen molar-refractivity contribution in [3.63, 3.8) is 0 Å². The van der Waals surface area contributed by atoms with Crippen LogP contribution in [-0.2, 0) is 18.3 Å². The smallest absolute Gasteiger partial charge is 0.147 e. The van der Waals surface area contributed by atoms with Crippen LogP contribution in [0.3, 0.4) is 0 Å². The van der Waals surface area contributed by atoms with Gasteiger partial charge in [-0.15, -0.1) is 0 Å². The number of nitrogens with one attached hydrogen (secondary N) is 2. The number of hydrogen-bond donors (Lipinski definition) is 2. The lowest BCUT2D eigenvalue weighted by molar-refractivity contribution is 0.182. The molecule has 26 heavy (non-hydrogen) atoms. The topological polar surface area (TPSA) is 37.0 Å². The fraction of sp³-hybridized carbons (Fsp3) is 0.364. The second kappa shape index (κ2) is 5.85. The van der Waals surface area contributed by atoms with Crippen LogP contribution in [0.1, 0.15) is 23.2 Å². The van der Waals surface area contributed by atoms with Gasteiger partial charge in [-0.3, -0.25) is 0 Å². The Morgan fingerprint density at radius 2 is 2.08 bits per heavy atom. The van der Waals surface area contributed by atoms with Crippen molar-refractivity contribution in [1.82, 2.24) is 10.3 Å². The quantitative estimate of drug-likeness (QED) is 0.734. The van der Waals surface area contributed by atoms with Crippen molar-refractivity contribution in [2.75, 3.05) is 20.2 Å². The van der Waals surface area contributed by atoms with Gasteiger partial charge in [-0.05, 0) is 67.6 Å². The summed E-state index contributed by atoms with van der Waals surface area (Å²) in [6, 6.07) is 13.9. The van der Waals surface area contributed by atoms with E-state index in [9.17, 15) is 4.39 Å². The Morgan fingerprint density at radius 1 is 1.19 bits per heavy atom. The summed E-state index contributed by atoms with van der Waals surface area (Å²) in [5, 5.41) is 4.62. The van der Waals surface area contributed by atoms with Gasteiger partial charge in [0.1, 0.15) is 11.6 Å². The number of piperidine rings is 1. The first-order valence-corrected chi connectivity index (χ1v) is 9.34. The van der Waals surface area contributed by atoms with Gasteiger partial charge in [-0.25, -0.2) is 4.39 Å². The first kappa shape index (κ1) is 15.9. The minimum Gasteiger partial charge on any atom is -0.497 e. The fourth-order valence-electron chi connectivity index (χ4n) is 5.14. The van der Waals surface area contributed by atoms with E-state index in [-0.39, 0.29) is 11.2 Å². The van der Waals surface area contributed by atoms with Gasteiger partial charge in [0.15, 0.2) is 0 Å². The minimum absolute atomic E-state index is 0.0736. The van der Waals surface area contributed by atoms with Crippen LogP contribution in [0.5, 0.6) is 5.75 Å². The molecule has 2 atom stereocenters. The Kier molecular flexibility index (Phi) is 3.57. The molecule has 1 fully saturated rings. The van der Waals surface area contributed by atoms with Crippen LogP contribution in [0.4, 0.5) is 4.39 Å². The van der Waals surface area contributed by atoms with Gasteiger partial charge in [-0.2, -0.15) is 0 Å². The van der Waals surface area contributed by atoms with Gasteiger partial charge in [-0.1, -0.05) is 24.3 Å². The molecule has 3 aromatic rings. The molecule has 5 rings (SSSR count). The summed E-state index contributed by atoms with van der Waals surface area (Å²) < 4.78 is 19.8. The summed E-state index contributed by atoms with van der Waals surface area (Å²) in [6.07, 6.45) is 2.99. The van der Waals surface area contributed by atoms with E-state index < -0.39 is 0 Å². The molecular weight excluding hydrogens is 327 g/mol. The Morgan fingerprint density at radius 3 is 2.96 bits per heavy atom. The van der Waals surface area contributed by atoms with Crippen LogP contribution in [0, 0.1) is 11.7 Å². The van der Waals surface area contributed by atoms with Gasteiger partial charge in [0.25, 0.3) is 0 Å². The molecule has 1 unspecified atom stereocenters. The van der Waals surface area contributed by atoms with E-state index in [1.807, 2.05) is 18.2 Å². The number of hydrogen-bond acceptors (Lipinski definition) is 2. The van der Waals surface area contributed by atoms with E-state index in [0.29, 0.717) is 11.4 Å². The third kappa shape index (κ3) is 2.21. The number of aromatic amines is 1. The van der Waals surface area contributed by atoms with E-state index in [4.69, 9.17) is 4.74 Å². The molecule has 1 aliphatic heterocycles. The summed E-state index contributed by atoms with van der Waals surface area (Å²) >= 11 is 0. The Bertz CT molecular complexity index is 979. The van der Waals surface area contributed by atoms with Crippen molar-refractivity contribution in [2.45, 2.75) is 24.7 Å². The van der Waals surface area contributed by atoms with Crippen LogP contribution in [-0.4, -0.2) is 25.2 Å². The lowest BCUT2D eigenvalue weighted by Gasteiger charge is -2.48. The predicted molar refractivity (Wildman–Crippen MR) is 101 cm³/mol. The Balaban J connectivity index is 1.67. The van der Waals surface area contributed by atoms with Crippen LogP contribution in [0.15, 0.2) is 42.5 Å². The molecule has 1 aromatic heterocycles. The fourth-order valence-corrected chi connectivity index (χ4v) is 5.14. The molecule has 1 saturated heterocycles. The Labute approximate surface area is 152 Å². The number of benzene rings is 2. The highest BCUT2D eigenvalue weighted by Gasteiger charge is 2.46. The second-order valence-corrected chi connectivity index (χ2v) is 7.66. The van der Waals surface area contributed by atoms with Crippen molar-refractivity contribution in [1.29, 1.82) is 0 Å². The van der Waals surface area contributed by atoms with Crippen molar-refractivity contribution >= 4 is 10.9 Å². The number of H-pyrrole nitrogens is 1. The van der Waals surface area contributed by atoms with Gasteiger partial charge in [0, 0.05) is 16.5 Å². The molecule has 2 aliphatic rings. The molecule has 0 saturated carbocycles. The highest BCUT2D eigenvalue weighted by Crippen LogP contribution is 2.48. The molecular formula is C22H23FN2O. The summed E-state index contributed by atoms with van der Waals surface area (Å²) in [7, 11) is 1.72. The zero-order valence-corrected chi connectivity index (χ0v) is 14.9. The third-order valence-corrected chi connectivity index (χ3v) is 6.49. The first-order valence-electron chi connectivity index (χ1n) is 9.34. The van der Waals surface area contributed by atoms with Gasteiger partial charge in [0.05, 0.1) is 12.6 Å². The highest BCUT2D eigenvalue weighted by atomic mass is 19.1. The first-order chi connectivity index (χ1) is 12.7. The summed E-state index contributed by atoms with van der Waals surface area (Å²) in [4.78, 5) is 3.41. The maximum atomic E-state index is 14.3. The molecule has 0 radical (unpaired) electrons. The number of ether oxygens (including phenoxy) is 1. The molecule has 0 amide bonds. The van der Waals surface area contributed by atoms with Crippen LogP contribution in [0.2, 0.25) is 0 Å². The van der Waals surface area contributed by atoms with E-state index >= 15 is 0 Å². The van der Waals surface area contributed by atoms with Crippen molar-refractivity contribution in [3.8, 4) is 5.75 Å². The average Bonchev–Trinajstić information content (AvgIpc) is 3.05. The number of para-hydroxylation sites is 1. The van der Waals surface area contributed by atoms with E-state index in [1.165, 1.54) is 22.9 Å². The largest absolute Gasteiger partial charge is 0.497 e. The normalized spacial score (nSPS) is 24.9. The molecule has 2 N–H and O–H groups in total.